The Kier molecular flexibility index (Phi) is 3.26. The monoisotopic (exact) mass is 261 g/mol. The van der Waals surface area contributed by atoms with Gasteiger partial charge in [0, 0.05) is 18.8 Å². The molecule has 100 valence electrons. The molecule has 1 atom stereocenters. The largest absolute Gasteiger partial charge is 0.506 e. The number of aliphatic carboxylic acids is 1. The molecular formula is C13H15N3O3. The van der Waals surface area contributed by atoms with Gasteiger partial charge in [-0.25, -0.2) is 4.98 Å². The lowest BCUT2D eigenvalue weighted by molar-refractivity contribution is -0.142. The Bertz CT molecular complexity index is 591. The van der Waals surface area contributed by atoms with Crippen LogP contribution in [0.25, 0.3) is 5.69 Å². The minimum Gasteiger partial charge on any atom is -0.506 e. The lowest BCUT2D eigenvalue weighted by Crippen LogP contribution is -2.46. The molecule has 1 heterocycles. The second-order valence-corrected chi connectivity index (χ2v) is 4.69. The first-order valence-electron chi connectivity index (χ1n) is 5.72. The van der Waals surface area contributed by atoms with Gasteiger partial charge in [0.25, 0.3) is 0 Å². The Morgan fingerprint density at radius 1 is 1.53 bits per heavy atom. The molecular weight excluding hydrogens is 246 g/mol. The number of benzene rings is 1. The van der Waals surface area contributed by atoms with Crippen LogP contribution in [-0.4, -0.2) is 31.3 Å². The van der Waals surface area contributed by atoms with Gasteiger partial charge in [-0.15, -0.1) is 0 Å². The highest BCUT2D eigenvalue weighted by Gasteiger charge is 2.28. The van der Waals surface area contributed by atoms with Crippen LogP contribution in [0.4, 0.5) is 0 Å². The molecule has 4 N–H and O–H groups in total. The van der Waals surface area contributed by atoms with Gasteiger partial charge in [-0.1, -0.05) is 6.07 Å². The third-order valence-electron chi connectivity index (χ3n) is 2.88. The minimum atomic E-state index is -1.34. The number of carbonyl (C=O) groups is 1. The second-order valence-electron chi connectivity index (χ2n) is 4.69. The van der Waals surface area contributed by atoms with E-state index in [4.69, 9.17) is 10.8 Å². The molecule has 2 aromatic rings. The summed E-state index contributed by atoms with van der Waals surface area (Å²) in [5, 5.41) is 18.8. The fourth-order valence-corrected chi connectivity index (χ4v) is 1.79. The van der Waals surface area contributed by atoms with E-state index >= 15 is 0 Å². The number of aromatic nitrogens is 2. The van der Waals surface area contributed by atoms with Crippen LogP contribution >= 0.6 is 0 Å². The number of hydrogen-bond donors (Lipinski definition) is 3. The molecule has 0 aliphatic rings. The molecule has 0 radical (unpaired) electrons. The molecule has 19 heavy (non-hydrogen) atoms. The zero-order chi connectivity index (χ0) is 14.0. The van der Waals surface area contributed by atoms with Crippen molar-refractivity contribution in [3.63, 3.8) is 0 Å². The molecule has 0 saturated heterocycles. The third-order valence-corrected chi connectivity index (χ3v) is 2.88. The lowest BCUT2D eigenvalue weighted by atomic mass is 9.94. The summed E-state index contributed by atoms with van der Waals surface area (Å²) in [4.78, 5) is 14.9. The first kappa shape index (κ1) is 13.1. The zero-order valence-electron chi connectivity index (χ0n) is 10.4. The molecule has 0 bridgehead atoms. The summed E-state index contributed by atoms with van der Waals surface area (Å²) in [7, 11) is 0. The molecule has 0 aliphatic carbocycles. The van der Waals surface area contributed by atoms with E-state index in [9.17, 15) is 9.90 Å². The number of phenols is 1. The zero-order valence-corrected chi connectivity index (χ0v) is 10.4. The van der Waals surface area contributed by atoms with E-state index in [1.165, 1.54) is 13.0 Å². The van der Waals surface area contributed by atoms with Gasteiger partial charge < -0.3 is 20.5 Å². The Morgan fingerprint density at radius 3 is 2.84 bits per heavy atom. The first-order chi connectivity index (χ1) is 8.90. The van der Waals surface area contributed by atoms with Crippen molar-refractivity contribution in [3.05, 3.63) is 42.5 Å². The van der Waals surface area contributed by atoms with Gasteiger partial charge in [0.2, 0.25) is 0 Å². The van der Waals surface area contributed by atoms with E-state index in [-0.39, 0.29) is 12.2 Å². The van der Waals surface area contributed by atoms with E-state index in [1.54, 1.807) is 35.4 Å². The molecule has 0 saturated carbocycles. The normalized spacial score (nSPS) is 14.0. The van der Waals surface area contributed by atoms with Crippen molar-refractivity contribution in [2.24, 2.45) is 5.73 Å². The standard InChI is InChI=1S/C13H15N3O3/c1-13(14,12(18)19)7-9-2-3-11(17)10(6-9)16-5-4-15-8-16/h2-6,8,17H,7,14H2,1H3,(H,18,19)/t13-/m0/s1. The predicted octanol–water partition coefficient (Wildman–Crippen LogP) is 0.922. The summed E-state index contributed by atoms with van der Waals surface area (Å²) in [6.45, 7) is 1.46. The molecule has 0 spiro atoms. The number of carboxylic acid groups (broad SMARTS) is 1. The van der Waals surface area contributed by atoms with Crippen molar-refractivity contribution in [2.75, 3.05) is 0 Å². The molecule has 2 rings (SSSR count). The van der Waals surface area contributed by atoms with Gasteiger partial charge in [0.05, 0.1) is 12.0 Å². The van der Waals surface area contributed by atoms with Crippen LogP contribution in [0.1, 0.15) is 12.5 Å². The smallest absolute Gasteiger partial charge is 0.323 e. The predicted molar refractivity (Wildman–Crippen MR) is 69.2 cm³/mol. The highest BCUT2D eigenvalue weighted by molar-refractivity contribution is 5.78. The third kappa shape index (κ3) is 2.74. The Labute approximate surface area is 110 Å². The number of nitrogens with two attached hydrogens (primary N) is 1. The molecule has 0 unspecified atom stereocenters. The number of rotatable bonds is 4. The van der Waals surface area contributed by atoms with Crippen molar-refractivity contribution in [3.8, 4) is 11.4 Å². The topological polar surface area (TPSA) is 101 Å². The van der Waals surface area contributed by atoms with Gasteiger partial charge >= 0.3 is 5.97 Å². The van der Waals surface area contributed by atoms with Gasteiger partial charge in [-0.05, 0) is 24.6 Å². The summed E-state index contributed by atoms with van der Waals surface area (Å²) in [5.41, 5.74) is 5.64. The molecule has 0 amide bonds. The molecule has 0 aliphatic heterocycles. The van der Waals surface area contributed by atoms with Crippen LogP contribution in [0.3, 0.4) is 0 Å². The molecule has 6 heteroatoms. The van der Waals surface area contributed by atoms with Crippen LogP contribution in [0, 0.1) is 0 Å². The molecule has 0 fully saturated rings. The van der Waals surface area contributed by atoms with E-state index in [0.717, 1.165) is 5.56 Å². The Hall–Kier alpha value is -2.34. The van der Waals surface area contributed by atoms with E-state index < -0.39 is 11.5 Å². The maximum Gasteiger partial charge on any atom is 0.323 e. The fraction of sp³-hybridized carbons (Fsp3) is 0.231. The van der Waals surface area contributed by atoms with E-state index in [0.29, 0.717) is 5.69 Å². The maximum absolute atomic E-state index is 11.0. The van der Waals surface area contributed by atoms with Gasteiger partial charge in [0.15, 0.2) is 0 Å². The van der Waals surface area contributed by atoms with Crippen molar-refractivity contribution < 1.29 is 15.0 Å². The molecule has 1 aromatic heterocycles. The summed E-state index contributed by atoms with van der Waals surface area (Å²) in [5.74, 6) is -0.972. The number of carboxylic acids is 1. The second kappa shape index (κ2) is 4.74. The minimum absolute atomic E-state index is 0.0933. The quantitative estimate of drug-likeness (QED) is 0.759. The summed E-state index contributed by atoms with van der Waals surface area (Å²) in [6.07, 6.45) is 5.01. The highest BCUT2D eigenvalue weighted by atomic mass is 16.4. The van der Waals surface area contributed by atoms with Crippen LogP contribution in [0.15, 0.2) is 36.9 Å². The number of imidazole rings is 1. The number of nitrogens with zero attached hydrogens (tertiary/aromatic N) is 2. The Morgan fingerprint density at radius 2 is 2.26 bits per heavy atom. The van der Waals surface area contributed by atoms with Crippen LogP contribution in [-0.2, 0) is 11.2 Å². The molecule has 6 nitrogen and oxygen atoms in total. The summed E-state index contributed by atoms with van der Waals surface area (Å²) in [6, 6.07) is 4.87. The van der Waals surface area contributed by atoms with Crippen LogP contribution in [0.2, 0.25) is 0 Å². The van der Waals surface area contributed by atoms with Crippen molar-refractivity contribution >= 4 is 5.97 Å². The van der Waals surface area contributed by atoms with Gasteiger partial charge in [-0.3, -0.25) is 4.79 Å². The van der Waals surface area contributed by atoms with Crippen molar-refractivity contribution in [2.45, 2.75) is 18.9 Å². The van der Waals surface area contributed by atoms with E-state index in [1.807, 2.05) is 0 Å². The first-order valence-corrected chi connectivity index (χ1v) is 5.72. The van der Waals surface area contributed by atoms with Gasteiger partial charge in [0.1, 0.15) is 11.3 Å². The lowest BCUT2D eigenvalue weighted by Gasteiger charge is -2.19. The van der Waals surface area contributed by atoms with Crippen molar-refractivity contribution in [1.29, 1.82) is 0 Å². The summed E-state index contributed by atoms with van der Waals surface area (Å²) < 4.78 is 1.65. The van der Waals surface area contributed by atoms with Crippen LogP contribution < -0.4 is 5.73 Å². The van der Waals surface area contributed by atoms with Crippen LogP contribution in [0.5, 0.6) is 5.75 Å². The Balaban J connectivity index is 2.35. The summed E-state index contributed by atoms with van der Waals surface area (Å²) >= 11 is 0. The average Bonchev–Trinajstić information content (AvgIpc) is 2.84. The van der Waals surface area contributed by atoms with E-state index in [2.05, 4.69) is 4.98 Å². The SMILES string of the molecule is C[C@](N)(Cc1ccc(O)c(-n2ccnc2)c1)C(=O)O. The fourth-order valence-electron chi connectivity index (χ4n) is 1.79. The number of phenolic OH excluding ortho intramolecular Hbond substituents is 1. The van der Waals surface area contributed by atoms with Gasteiger partial charge in [-0.2, -0.15) is 0 Å². The average molecular weight is 261 g/mol. The van der Waals surface area contributed by atoms with Crippen molar-refractivity contribution in [1.82, 2.24) is 9.55 Å². The number of aromatic hydroxyl groups is 1. The molecule has 1 aromatic carbocycles. The maximum atomic E-state index is 11.0. The number of hydrogen-bond acceptors (Lipinski definition) is 4. The highest BCUT2D eigenvalue weighted by Crippen LogP contribution is 2.24.